The predicted molar refractivity (Wildman–Crippen MR) is 116 cm³/mol. The first-order valence-corrected chi connectivity index (χ1v) is 11.3. The number of pyridine rings is 1. The van der Waals surface area contributed by atoms with Gasteiger partial charge in [-0.05, 0) is 44.2 Å². The summed E-state index contributed by atoms with van der Waals surface area (Å²) < 4.78 is 6.05. The average molecular weight is 402 g/mol. The fourth-order valence-corrected chi connectivity index (χ4v) is 3.88. The lowest BCUT2D eigenvalue weighted by molar-refractivity contribution is 0.258. The molecule has 0 aliphatic rings. The third-order valence-corrected chi connectivity index (χ3v) is 5.81. The molecule has 0 aliphatic carbocycles. The third-order valence-electron chi connectivity index (χ3n) is 4.30. The lowest BCUT2D eigenvalue weighted by Crippen LogP contribution is -2.19. The Labute approximate surface area is 169 Å². The van der Waals surface area contributed by atoms with Crippen LogP contribution in [0, 0.1) is 12.8 Å². The molecular weight excluding hydrogens is 374 g/mol. The zero-order chi connectivity index (χ0) is 19.4. The van der Waals surface area contributed by atoms with Gasteiger partial charge in [0.1, 0.15) is 0 Å². The molecule has 1 unspecified atom stereocenters. The largest absolute Gasteiger partial charge is 0.477 e. The minimum Gasteiger partial charge on any atom is -0.477 e. The third kappa shape index (κ3) is 5.21. The van der Waals surface area contributed by atoms with Gasteiger partial charge >= 0.3 is 0 Å². The first-order valence-electron chi connectivity index (χ1n) is 9.22. The minimum absolute atomic E-state index is 0.183. The molecule has 1 N–H and O–H groups in total. The Balaban J connectivity index is 1.85. The number of thiazole rings is 1. The summed E-state index contributed by atoms with van der Waals surface area (Å²) >= 11 is 3.41. The van der Waals surface area contributed by atoms with Crippen molar-refractivity contribution in [3.63, 3.8) is 0 Å². The molecule has 0 fully saturated rings. The van der Waals surface area contributed by atoms with E-state index in [1.165, 1.54) is 4.90 Å². The van der Waals surface area contributed by atoms with E-state index in [1.807, 2.05) is 6.92 Å². The Bertz CT molecular complexity index is 908. The van der Waals surface area contributed by atoms with Crippen molar-refractivity contribution < 1.29 is 4.74 Å². The topological polar surface area (TPSA) is 47.0 Å². The van der Waals surface area contributed by atoms with Crippen LogP contribution in [0.15, 0.2) is 34.5 Å². The van der Waals surface area contributed by atoms with Gasteiger partial charge in [0.25, 0.3) is 0 Å². The maximum atomic E-state index is 6.05. The summed E-state index contributed by atoms with van der Waals surface area (Å²) in [5, 5.41) is 7.91. The SMILES string of the molecule is CSc1ccc2cc(CNC(C)c3csc(C)n3)c(OCC(C)C)nc2c1. The van der Waals surface area contributed by atoms with Crippen molar-refractivity contribution in [3.05, 3.63) is 45.9 Å². The van der Waals surface area contributed by atoms with Crippen LogP contribution >= 0.6 is 23.1 Å². The molecule has 6 heteroatoms. The van der Waals surface area contributed by atoms with E-state index in [9.17, 15) is 0 Å². The molecule has 27 heavy (non-hydrogen) atoms. The van der Waals surface area contributed by atoms with Crippen molar-refractivity contribution >= 4 is 34.0 Å². The van der Waals surface area contributed by atoms with Crippen molar-refractivity contribution in [2.45, 2.75) is 45.2 Å². The van der Waals surface area contributed by atoms with E-state index in [2.05, 4.69) is 67.0 Å². The zero-order valence-electron chi connectivity index (χ0n) is 16.6. The molecule has 1 atom stereocenters. The number of benzene rings is 1. The average Bonchev–Trinajstić information content (AvgIpc) is 3.10. The van der Waals surface area contributed by atoms with Crippen molar-refractivity contribution in [3.8, 4) is 5.88 Å². The van der Waals surface area contributed by atoms with Crippen molar-refractivity contribution in [1.29, 1.82) is 0 Å². The number of aromatic nitrogens is 2. The lowest BCUT2D eigenvalue weighted by Gasteiger charge is -2.16. The minimum atomic E-state index is 0.183. The maximum Gasteiger partial charge on any atom is 0.218 e. The van der Waals surface area contributed by atoms with Crippen molar-refractivity contribution in [2.75, 3.05) is 12.9 Å². The zero-order valence-corrected chi connectivity index (χ0v) is 18.2. The van der Waals surface area contributed by atoms with Gasteiger partial charge in [-0.1, -0.05) is 19.9 Å². The Hall–Kier alpha value is -1.63. The molecule has 0 bridgehead atoms. The van der Waals surface area contributed by atoms with E-state index in [0.717, 1.165) is 33.0 Å². The van der Waals surface area contributed by atoms with Gasteiger partial charge < -0.3 is 10.1 Å². The Morgan fingerprint density at radius 1 is 1.19 bits per heavy atom. The molecule has 0 spiro atoms. The second kappa shape index (κ2) is 9.04. The number of thioether (sulfide) groups is 1. The molecule has 0 radical (unpaired) electrons. The van der Waals surface area contributed by atoms with Crippen LogP contribution in [0.4, 0.5) is 0 Å². The summed E-state index contributed by atoms with van der Waals surface area (Å²) in [4.78, 5) is 10.6. The molecule has 2 aromatic heterocycles. The quantitative estimate of drug-likeness (QED) is 0.497. The van der Waals surface area contributed by atoms with Gasteiger partial charge in [-0.25, -0.2) is 9.97 Å². The molecule has 0 aliphatic heterocycles. The summed E-state index contributed by atoms with van der Waals surface area (Å²) in [6.45, 7) is 9.83. The summed E-state index contributed by atoms with van der Waals surface area (Å²) in [5.41, 5.74) is 3.15. The molecule has 144 valence electrons. The van der Waals surface area contributed by atoms with E-state index >= 15 is 0 Å². The molecule has 2 heterocycles. The second-order valence-corrected chi connectivity index (χ2v) is 9.05. The predicted octanol–water partition coefficient (Wildman–Crippen LogP) is 5.61. The number of aryl methyl sites for hydroxylation is 1. The Morgan fingerprint density at radius 3 is 2.67 bits per heavy atom. The molecule has 3 aromatic rings. The number of hydrogen-bond acceptors (Lipinski definition) is 6. The number of fused-ring (bicyclic) bond motifs is 1. The van der Waals surface area contributed by atoms with Crippen LogP contribution < -0.4 is 10.1 Å². The fraction of sp³-hybridized carbons (Fsp3) is 0.429. The summed E-state index contributed by atoms with van der Waals surface area (Å²) in [6.07, 6.45) is 2.08. The Morgan fingerprint density at radius 2 is 2.00 bits per heavy atom. The smallest absolute Gasteiger partial charge is 0.218 e. The monoisotopic (exact) mass is 401 g/mol. The van der Waals surface area contributed by atoms with Crippen molar-refractivity contribution in [2.24, 2.45) is 5.92 Å². The van der Waals surface area contributed by atoms with E-state index in [0.29, 0.717) is 19.1 Å². The maximum absolute atomic E-state index is 6.05. The number of rotatable bonds is 8. The molecule has 0 saturated carbocycles. The van der Waals surface area contributed by atoms with Crippen LogP contribution in [-0.2, 0) is 6.54 Å². The van der Waals surface area contributed by atoms with Gasteiger partial charge in [0, 0.05) is 33.8 Å². The Kier molecular flexibility index (Phi) is 6.73. The van der Waals surface area contributed by atoms with Crippen LogP contribution in [0.25, 0.3) is 10.9 Å². The highest BCUT2D eigenvalue weighted by atomic mass is 32.2. The fourth-order valence-electron chi connectivity index (χ4n) is 2.74. The molecule has 3 rings (SSSR count). The number of nitrogens with zero attached hydrogens (tertiary/aromatic N) is 2. The van der Waals surface area contributed by atoms with Crippen LogP contribution in [0.3, 0.4) is 0 Å². The molecule has 0 saturated heterocycles. The van der Waals surface area contributed by atoms with Crippen LogP contribution in [0.2, 0.25) is 0 Å². The van der Waals surface area contributed by atoms with Crippen LogP contribution in [0.5, 0.6) is 5.88 Å². The first kappa shape index (κ1) is 20.1. The highest BCUT2D eigenvalue weighted by molar-refractivity contribution is 7.98. The van der Waals surface area contributed by atoms with Crippen LogP contribution in [-0.4, -0.2) is 22.8 Å². The lowest BCUT2D eigenvalue weighted by atomic mass is 10.1. The van der Waals surface area contributed by atoms with Crippen molar-refractivity contribution in [1.82, 2.24) is 15.3 Å². The molecule has 0 amide bonds. The van der Waals surface area contributed by atoms with Crippen LogP contribution in [0.1, 0.15) is 43.1 Å². The van der Waals surface area contributed by atoms with Gasteiger partial charge in [-0.2, -0.15) is 0 Å². The molecule has 1 aromatic carbocycles. The highest BCUT2D eigenvalue weighted by Gasteiger charge is 2.13. The van der Waals surface area contributed by atoms with E-state index in [-0.39, 0.29) is 6.04 Å². The van der Waals surface area contributed by atoms with E-state index in [1.54, 1.807) is 23.1 Å². The number of nitrogens with one attached hydrogen (secondary N) is 1. The first-order chi connectivity index (χ1) is 13.0. The summed E-state index contributed by atoms with van der Waals surface area (Å²) in [5.74, 6) is 1.18. The van der Waals surface area contributed by atoms with E-state index in [4.69, 9.17) is 9.72 Å². The van der Waals surface area contributed by atoms with Gasteiger partial charge in [-0.15, -0.1) is 23.1 Å². The van der Waals surface area contributed by atoms with Gasteiger partial charge in [0.05, 0.1) is 22.8 Å². The summed E-state index contributed by atoms with van der Waals surface area (Å²) in [7, 11) is 0. The van der Waals surface area contributed by atoms with E-state index < -0.39 is 0 Å². The number of ether oxygens (including phenoxy) is 1. The van der Waals surface area contributed by atoms with Gasteiger partial charge in [-0.3, -0.25) is 0 Å². The second-order valence-electron chi connectivity index (χ2n) is 7.11. The normalized spacial score (nSPS) is 12.7. The molecule has 4 nitrogen and oxygen atoms in total. The highest BCUT2D eigenvalue weighted by Crippen LogP contribution is 2.27. The van der Waals surface area contributed by atoms with Gasteiger partial charge in [0.15, 0.2) is 0 Å². The summed E-state index contributed by atoms with van der Waals surface area (Å²) in [6, 6.07) is 8.77. The standard InChI is InChI=1S/C21H27N3OS2/c1-13(2)11-25-21-17(10-22-14(3)20-12-27-15(4)23-20)8-16-6-7-18(26-5)9-19(16)24-21/h6-9,12-14,22H,10-11H2,1-5H3. The van der Waals surface area contributed by atoms with Gasteiger partial charge in [0.2, 0.25) is 5.88 Å². The number of hydrogen-bond donors (Lipinski definition) is 1. The molecular formula is C21H27N3OS2.